The summed E-state index contributed by atoms with van der Waals surface area (Å²) < 4.78 is 10.4. The smallest absolute Gasteiger partial charge is 0.189 e. The van der Waals surface area contributed by atoms with Crippen LogP contribution in [0.5, 0.6) is 0 Å². The molecule has 0 heterocycles. The molecule has 0 aliphatic heterocycles. The molecule has 0 radical (unpaired) electrons. The third kappa shape index (κ3) is 4.67. The third-order valence-corrected chi connectivity index (χ3v) is 2.95. The van der Waals surface area contributed by atoms with Crippen LogP contribution in [0.25, 0.3) is 6.08 Å². The van der Waals surface area contributed by atoms with E-state index in [0.717, 1.165) is 11.1 Å². The fourth-order valence-corrected chi connectivity index (χ4v) is 1.94. The number of rotatable bonds is 7. The van der Waals surface area contributed by atoms with Crippen molar-refractivity contribution in [1.29, 1.82) is 0 Å². The largest absolute Gasteiger partial charge is 0.359 e. The number of ketones is 1. The topological polar surface area (TPSA) is 35.5 Å². The van der Waals surface area contributed by atoms with Gasteiger partial charge in [0.05, 0.1) is 0 Å². The van der Waals surface area contributed by atoms with Gasteiger partial charge in [-0.25, -0.2) is 0 Å². The molecule has 0 spiro atoms. The minimum absolute atomic E-state index is 0.0739. The molecule has 21 heavy (non-hydrogen) atoms. The lowest BCUT2D eigenvalue weighted by Crippen LogP contribution is -2.15. The molecular weight excluding hydrogens is 264 g/mol. The second kappa shape index (κ2) is 8.15. The fraction of sp³-hybridized carbons (Fsp3) is 0.167. The van der Waals surface area contributed by atoms with Gasteiger partial charge in [-0.05, 0) is 17.2 Å². The Morgan fingerprint density at radius 3 is 2.29 bits per heavy atom. The van der Waals surface area contributed by atoms with Gasteiger partial charge in [0.1, 0.15) is 12.9 Å². The zero-order chi connectivity index (χ0) is 14.9. The van der Waals surface area contributed by atoms with Gasteiger partial charge in [-0.1, -0.05) is 66.7 Å². The summed E-state index contributed by atoms with van der Waals surface area (Å²) in [4.78, 5) is 12.4. The van der Waals surface area contributed by atoms with E-state index in [0.29, 0.717) is 0 Å². The van der Waals surface area contributed by atoms with Crippen LogP contribution in [0.1, 0.15) is 17.2 Å². The molecule has 0 saturated carbocycles. The van der Waals surface area contributed by atoms with Crippen LogP contribution in [-0.2, 0) is 14.3 Å². The summed E-state index contributed by atoms with van der Waals surface area (Å²) in [6.45, 7) is 0.0739. The molecule has 0 N–H and O–H groups in total. The van der Waals surface area contributed by atoms with Crippen molar-refractivity contribution < 1.29 is 14.3 Å². The summed E-state index contributed by atoms with van der Waals surface area (Å²) in [5, 5.41) is 0. The van der Waals surface area contributed by atoms with Gasteiger partial charge in [0, 0.05) is 7.11 Å². The molecule has 0 fully saturated rings. The first kappa shape index (κ1) is 15.2. The third-order valence-electron chi connectivity index (χ3n) is 2.95. The molecule has 0 saturated heterocycles. The Balaban J connectivity index is 2.13. The van der Waals surface area contributed by atoms with Crippen LogP contribution in [0.15, 0.2) is 66.7 Å². The number of ether oxygens (including phenoxy) is 2. The van der Waals surface area contributed by atoms with Crippen LogP contribution in [0, 0.1) is 0 Å². The predicted molar refractivity (Wildman–Crippen MR) is 82.6 cm³/mol. The maximum absolute atomic E-state index is 12.4. The van der Waals surface area contributed by atoms with Crippen LogP contribution in [0.3, 0.4) is 0 Å². The van der Waals surface area contributed by atoms with Crippen LogP contribution in [0.4, 0.5) is 0 Å². The summed E-state index contributed by atoms with van der Waals surface area (Å²) in [6, 6.07) is 19.1. The van der Waals surface area contributed by atoms with Crippen molar-refractivity contribution in [2.24, 2.45) is 0 Å². The molecule has 0 aromatic heterocycles. The molecule has 2 rings (SSSR count). The van der Waals surface area contributed by atoms with Gasteiger partial charge in [-0.15, -0.1) is 0 Å². The number of hydrogen-bond donors (Lipinski definition) is 0. The minimum Gasteiger partial charge on any atom is -0.359 e. The van der Waals surface area contributed by atoms with Crippen LogP contribution in [-0.4, -0.2) is 19.7 Å². The first-order valence-corrected chi connectivity index (χ1v) is 6.73. The van der Waals surface area contributed by atoms with Crippen molar-refractivity contribution in [2.45, 2.75) is 6.10 Å². The van der Waals surface area contributed by atoms with E-state index in [1.165, 1.54) is 7.11 Å². The molecule has 2 aromatic carbocycles. The van der Waals surface area contributed by atoms with Gasteiger partial charge in [0.25, 0.3) is 0 Å². The maximum Gasteiger partial charge on any atom is 0.189 e. The highest BCUT2D eigenvalue weighted by atomic mass is 16.7. The van der Waals surface area contributed by atoms with E-state index in [1.807, 2.05) is 60.7 Å². The molecule has 0 amide bonds. The van der Waals surface area contributed by atoms with Gasteiger partial charge in [-0.3, -0.25) is 4.79 Å². The normalized spacial score (nSPS) is 12.4. The average molecular weight is 282 g/mol. The molecule has 108 valence electrons. The van der Waals surface area contributed by atoms with E-state index >= 15 is 0 Å². The Morgan fingerprint density at radius 1 is 1.05 bits per heavy atom. The van der Waals surface area contributed by atoms with Crippen molar-refractivity contribution in [3.8, 4) is 0 Å². The number of hydrogen-bond acceptors (Lipinski definition) is 3. The molecule has 0 aliphatic rings. The minimum atomic E-state index is -0.647. The molecule has 1 atom stereocenters. The van der Waals surface area contributed by atoms with Crippen molar-refractivity contribution in [3.63, 3.8) is 0 Å². The van der Waals surface area contributed by atoms with Gasteiger partial charge < -0.3 is 9.47 Å². The summed E-state index contributed by atoms with van der Waals surface area (Å²) >= 11 is 0. The lowest BCUT2D eigenvalue weighted by atomic mass is 10.0. The van der Waals surface area contributed by atoms with E-state index in [1.54, 1.807) is 12.2 Å². The van der Waals surface area contributed by atoms with Crippen molar-refractivity contribution >= 4 is 11.9 Å². The highest BCUT2D eigenvalue weighted by Gasteiger charge is 2.18. The zero-order valence-electron chi connectivity index (χ0n) is 11.9. The first-order valence-electron chi connectivity index (χ1n) is 6.73. The maximum atomic E-state index is 12.4. The lowest BCUT2D eigenvalue weighted by molar-refractivity contribution is -0.135. The van der Waals surface area contributed by atoms with Gasteiger partial charge in [0.2, 0.25) is 0 Å². The van der Waals surface area contributed by atoms with Crippen molar-refractivity contribution in [1.82, 2.24) is 0 Å². The molecule has 3 heteroatoms. The van der Waals surface area contributed by atoms with E-state index in [-0.39, 0.29) is 12.6 Å². The Bertz CT molecular complexity index is 576. The molecular formula is C18H18O3. The Morgan fingerprint density at radius 2 is 1.67 bits per heavy atom. The predicted octanol–water partition coefficient (Wildman–Crippen LogP) is 3.63. The van der Waals surface area contributed by atoms with Crippen molar-refractivity contribution in [3.05, 3.63) is 77.9 Å². The quantitative estimate of drug-likeness (QED) is 0.574. The molecule has 0 aliphatic carbocycles. The summed E-state index contributed by atoms with van der Waals surface area (Å²) in [7, 11) is 1.53. The Kier molecular flexibility index (Phi) is 5.88. The van der Waals surface area contributed by atoms with E-state index in [4.69, 9.17) is 9.47 Å². The first-order chi connectivity index (χ1) is 10.3. The second-order valence-electron chi connectivity index (χ2n) is 4.51. The molecule has 2 aromatic rings. The van der Waals surface area contributed by atoms with E-state index in [9.17, 15) is 4.79 Å². The van der Waals surface area contributed by atoms with Crippen molar-refractivity contribution in [2.75, 3.05) is 13.9 Å². The van der Waals surface area contributed by atoms with E-state index < -0.39 is 6.10 Å². The number of methoxy groups -OCH3 is 1. The van der Waals surface area contributed by atoms with Gasteiger partial charge >= 0.3 is 0 Å². The molecule has 0 unspecified atom stereocenters. The summed E-state index contributed by atoms with van der Waals surface area (Å²) in [5.74, 6) is -0.109. The number of carbonyl (C=O) groups excluding carboxylic acids is 1. The highest BCUT2D eigenvalue weighted by Crippen LogP contribution is 2.19. The van der Waals surface area contributed by atoms with Gasteiger partial charge in [0.15, 0.2) is 5.78 Å². The SMILES string of the molecule is COCO[C@H](C(=O)/C=C\c1ccccc1)c1ccccc1. The van der Waals surface area contributed by atoms with Crippen LogP contribution in [0.2, 0.25) is 0 Å². The lowest BCUT2D eigenvalue weighted by Gasteiger charge is -2.14. The Hall–Kier alpha value is -2.23. The number of carbonyl (C=O) groups is 1. The fourth-order valence-electron chi connectivity index (χ4n) is 1.94. The van der Waals surface area contributed by atoms with Crippen LogP contribution < -0.4 is 0 Å². The second-order valence-corrected chi connectivity index (χ2v) is 4.51. The molecule has 0 bridgehead atoms. The Labute approximate surface area is 124 Å². The number of benzene rings is 2. The summed E-state index contributed by atoms with van der Waals surface area (Å²) in [6.07, 6.45) is 2.68. The summed E-state index contributed by atoms with van der Waals surface area (Å²) in [5.41, 5.74) is 1.79. The average Bonchev–Trinajstić information content (AvgIpc) is 2.55. The molecule has 3 nitrogen and oxygen atoms in total. The van der Waals surface area contributed by atoms with Crippen LogP contribution >= 0.6 is 0 Å². The standard InChI is InChI=1S/C18H18O3/c1-20-14-21-18(16-10-6-3-7-11-16)17(19)13-12-15-8-4-2-5-9-15/h2-13,18H,14H2,1H3/b13-12-/t18-/m0/s1. The van der Waals surface area contributed by atoms with Gasteiger partial charge in [-0.2, -0.15) is 0 Å². The monoisotopic (exact) mass is 282 g/mol. The van der Waals surface area contributed by atoms with E-state index in [2.05, 4.69) is 0 Å². The zero-order valence-corrected chi connectivity index (χ0v) is 11.9. The highest BCUT2D eigenvalue weighted by molar-refractivity contribution is 5.97.